The molecule has 0 saturated carbocycles. The van der Waals surface area contributed by atoms with Crippen molar-refractivity contribution in [3.8, 4) is 0 Å². The molecule has 1 unspecified atom stereocenters. The van der Waals surface area contributed by atoms with Crippen molar-refractivity contribution in [3.05, 3.63) is 96.1 Å². The van der Waals surface area contributed by atoms with Crippen LogP contribution in [0.3, 0.4) is 0 Å². The standard InChI is InChI=1S/C17H21N3O2.C9H10O2/c1-3-5-6-13(4-2)11-16(19-12-21)17(22)20-15-9-7-14(18)8-10-15;1-7-3-5-8(6-4-7)9(10)11-2/h3-10,12,16H,1,11,18H2,2H3,(H,19,21)(H,20,22);3-6H,1-2H3/b6-5-,13-4+;. The first-order valence-corrected chi connectivity index (χ1v) is 10.3. The van der Waals surface area contributed by atoms with E-state index in [0.29, 0.717) is 29.8 Å². The van der Waals surface area contributed by atoms with Gasteiger partial charge in [0.1, 0.15) is 6.04 Å². The maximum atomic E-state index is 12.3. The van der Waals surface area contributed by atoms with Gasteiger partial charge in [-0.15, -0.1) is 0 Å². The Morgan fingerprint density at radius 3 is 2.27 bits per heavy atom. The molecule has 0 aromatic heterocycles. The molecule has 0 fully saturated rings. The smallest absolute Gasteiger partial charge is 0.337 e. The number of esters is 1. The third-order valence-electron chi connectivity index (χ3n) is 4.49. The van der Waals surface area contributed by atoms with E-state index in [-0.39, 0.29) is 11.9 Å². The van der Waals surface area contributed by atoms with Crippen molar-refractivity contribution in [2.45, 2.75) is 26.3 Å². The number of nitrogen functional groups attached to an aromatic ring is 1. The Kier molecular flexibility index (Phi) is 12.1. The van der Waals surface area contributed by atoms with E-state index in [1.807, 2.05) is 38.1 Å². The highest BCUT2D eigenvalue weighted by Gasteiger charge is 2.18. The number of carbonyl (C=O) groups excluding carboxylic acids is 3. The molecule has 7 nitrogen and oxygen atoms in total. The summed E-state index contributed by atoms with van der Waals surface area (Å²) in [4.78, 5) is 33.9. The molecule has 2 aromatic carbocycles. The zero-order valence-electron chi connectivity index (χ0n) is 19.2. The van der Waals surface area contributed by atoms with Gasteiger partial charge in [-0.05, 0) is 55.8 Å². The molecule has 4 N–H and O–H groups in total. The number of methoxy groups -OCH3 is 1. The number of allylic oxidation sites excluding steroid dienone is 4. The lowest BCUT2D eigenvalue weighted by atomic mass is 10.0. The monoisotopic (exact) mass is 449 g/mol. The Labute approximate surface area is 195 Å². The normalized spacial score (nSPS) is 11.5. The minimum atomic E-state index is -0.657. The van der Waals surface area contributed by atoms with Gasteiger partial charge in [0, 0.05) is 17.8 Å². The number of nitrogens with one attached hydrogen (secondary N) is 2. The number of hydrogen-bond donors (Lipinski definition) is 3. The summed E-state index contributed by atoms with van der Waals surface area (Å²) in [5, 5.41) is 5.29. The van der Waals surface area contributed by atoms with Crippen LogP contribution in [0.25, 0.3) is 0 Å². The van der Waals surface area contributed by atoms with E-state index in [0.717, 1.165) is 11.1 Å². The SMILES string of the molecule is C=C/C=C\C(=C/C)CC(NC=O)C(=O)Nc1ccc(N)cc1.COC(=O)c1ccc(C)cc1. The lowest BCUT2D eigenvalue weighted by Gasteiger charge is -2.16. The van der Waals surface area contributed by atoms with Gasteiger partial charge < -0.3 is 21.1 Å². The van der Waals surface area contributed by atoms with Crippen molar-refractivity contribution < 1.29 is 19.1 Å². The van der Waals surface area contributed by atoms with Crippen LogP contribution in [-0.2, 0) is 14.3 Å². The number of ether oxygens (including phenoxy) is 1. The number of carbonyl (C=O) groups is 3. The molecule has 33 heavy (non-hydrogen) atoms. The number of nitrogens with two attached hydrogens (primary N) is 1. The third-order valence-corrected chi connectivity index (χ3v) is 4.49. The van der Waals surface area contributed by atoms with Crippen LogP contribution in [-0.4, -0.2) is 31.4 Å². The first-order chi connectivity index (χ1) is 15.8. The number of amides is 2. The Morgan fingerprint density at radius 2 is 1.76 bits per heavy atom. The van der Waals surface area contributed by atoms with Crippen LogP contribution in [0.1, 0.15) is 29.3 Å². The first-order valence-electron chi connectivity index (χ1n) is 10.3. The van der Waals surface area contributed by atoms with Crippen molar-refractivity contribution in [2.24, 2.45) is 0 Å². The predicted molar refractivity (Wildman–Crippen MR) is 133 cm³/mol. The topological polar surface area (TPSA) is 111 Å². The fraction of sp³-hybridized carbons (Fsp3) is 0.192. The molecule has 0 heterocycles. The summed E-state index contributed by atoms with van der Waals surface area (Å²) in [7, 11) is 1.38. The lowest BCUT2D eigenvalue weighted by molar-refractivity contribution is -0.121. The number of benzene rings is 2. The molecule has 0 saturated heterocycles. The van der Waals surface area contributed by atoms with E-state index in [4.69, 9.17) is 5.73 Å². The molecule has 1 atom stereocenters. The largest absolute Gasteiger partial charge is 0.465 e. The second-order valence-corrected chi connectivity index (χ2v) is 6.97. The van der Waals surface area contributed by atoms with Crippen LogP contribution in [0.5, 0.6) is 0 Å². The molecule has 0 bridgehead atoms. The maximum Gasteiger partial charge on any atom is 0.337 e. The summed E-state index contributed by atoms with van der Waals surface area (Å²) >= 11 is 0. The van der Waals surface area contributed by atoms with Crippen molar-refractivity contribution in [1.82, 2.24) is 5.32 Å². The summed E-state index contributed by atoms with van der Waals surface area (Å²) in [6.07, 6.45) is 8.09. The Hall–Kier alpha value is -4.13. The molecule has 7 heteroatoms. The number of hydrogen-bond acceptors (Lipinski definition) is 5. The van der Waals surface area contributed by atoms with Crippen LogP contribution in [0.2, 0.25) is 0 Å². The van der Waals surface area contributed by atoms with E-state index in [9.17, 15) is 14.4 Å². The van der Waals surface area contributed by atoms with Crippen LogP contribution in [0.15, 0.2) is 85.0 Å². The third kappa shape index (κ3) is 10.1. The van der Waals surface area contributed by atoms with Gasteiger partial charge in [0.15, 0.2) is 0 Å². The van der Waals surface area contributed by atoms with Crippen molar-refractivity contribution in [3.63, 3.8) is 0 Å². The second kappa shape index (κ2) is 14.8. The summed E-state index contributed by atoms with van der Waals surface area (Å²) in [6, 6.07) is 13.4. The molecule has 2 aromatic rings. The van der Waals surface area contributed by atoms with Crippen molar-refractivity contribution >= 4 is 29.7 Å². The van der Waals surface area contributed by atoms with E-state index in [1.54, 1.807) is 48.6 Å². The highest BCUT2D eigenvalue weighted by atomic mass is 16.5. The fourth-order valence-electron chi connectivity index (χ4n) is 2.62. The van der Waals surface area contributed by atoms with Gasteiger partial charge in [0.05, 0.1) is 12.7 Å². The minimum absolute atomic E-state index is 0.287. The van der Waals surface area contributed by atoms with Gasteiger partial charge in [-0.25, -0.2) is 4.79 Å². The summed E-state index contributed by atoms with van der Waals surface area (Å²) in [5.41, 5.74) is 9.50. The van der Waals surface area contributed by atoms with Gasteiger partial charge >= 0.3 is 5.97 Å². The van der Waals surface area contributed by atoms with Crippen LogP contribution >= 0.6 is 0 Å². The Bertz CT molecular complexity index is 978. The van der Waals surface area contributed by atoms with Gasteiger partial charge in [-0.1, -0.05) is 48.6 Å². The molecule has 2 rings (SSSR count). The van der Waals surface area contributed by atoms with E-state index < -0.39 is 6.04 Å². The van der Waals surface area contributed by atoms with E-state index >= 15 is 0 Å². The number of anilines is 2. The fourth-order valence-corrected chi connectivity index (χ4v) is 2.62. The maximum absolute atomic E-state index is 12.3. The van der Waals surface area contributed by atoms with Crippen molar-refractivity contribution in [2.75, 3.05) is 18.2 Å². The van der Waals surface area contributed by atoms with Crippen molar-refractivity contribution in [1.29, 1.82) is 0 Å². The molecule has 2 amide bonds. The zero-order valence-corrected chi connectivity index (χ0v) is 19.2. The van der Waals surface area contributed by atoms with E-state index in [2.05, 4.69) is 21.9 Å². The number of aryl methyl sites for hydroxylation is 1. The molecule has 0 aliphatic rings. The minimum Gasteiger partial charge on any atom is -0.465 e. The molecular weight excluding hydrogens is 418 g/mol. The van der Waals surface area contributed by atoms with Crippen LogP contribution in [0.4, 0.5) is 11.4 Å². The van der Waals surface area contributed by atoms with Gasteiger partial charge in [-0.3, -0.25) is 9.59 Å². The quantitative estimate of drug-likeness (QED) is 0.230. The molecule has 0 aliphatic heterocycles. The second-order valence-electron chi connectivity index (χ2n) is 6.97. The first kappa shape index (κ1) is 26.9. The average molecular weight is 450 g/mol. The lowest BCUT2D eigenvalue weighted by Crippen LogP contribution is -2.40. The van der Waals surface area contributed by atoms with Crippen LogP contribution < -0.4 is 16.4 Å². The summed E-state index contributed by atoms with van der Waals surface area (Å²) in [6.45, 7) is 7.45. The van der Waals surface area contributed by atoms with Gasteiger partial charge in [-0.2, -0.15) is 0 Å². The molecule has 0 aliphatic carbocycles. The van der Waals surface area contributed by atoms with E-state index in [1.165, 1.54) is 7.11 Å². The average Bonchev–Trinajstić information content (AvgIpc) is 2.82. The van der Waals surface area contributed by atoms with Gasteiger partial charge in [0.2, 0.25) is 12.3 Å². The summed E-state index contributed by atoms with van der Waals surface area (Å²) in [5.74, 6) is -0.576. The predicted octanol–water partition coefficient (Wildman–Crippen LogP) is 4.18. The highest BCUT2D eigenvalue weighted by molar-refractivity contribution is 5.96. The van der Waals surface area contributed by atoms with Gasteiger partial charge in [0.25, 0.3) is 0 Å². The molecule has 174 valence electrons. The molecular formula is C26H31N3O4. The summed E-state index contributed by atoms with van der Waals surface area (Å²) < 4.78 is 4.54. The number of rotatable bonds is 9. The van der Waals surface area contributed by atoms with Crippen LogP contribution in [0, 0.1) is 6.92 Å². The molecule has 0 spiro atoms. The Morgan fingerprint density at radius 1 is 1.12 bits per heavy atom. The molecule has 0 radical (unpaired) electrons. The Balaban J connectivity index is 0.000000412. The zero-order chi connectivity index (χ0) is 24.6. The highest BCUT2D eigenvalue weighted by Crippen LogP contribution is 2.13.